The van der Waals surface area contributed by atoms with Gasteiger partial charge in [0.2, 0.25) is 0 Å². The fourth-order valence-corrected chi connectivity index (χ4v) is 2.68. The molecule has 0 unspecified atom stereocenters. The van der Waals surface area contributed by atoms with Crippen molar-refractivity contribution in [2.45, 2.75) is 52.8 Å². The Balaban J connectivity index is 3.18. The lowest BCUT2D eigenvalue weighted by Gasteiger charge is -2.63. The molecule has 0 spiro atoms. The molecular weight excluding hydrogens is 412 g/mol. The topological polar surface area (TPSA) is 0 Å². The number of alkyl halides is 16. The third-order valence-electron chi connectivity index (χ3n) is 4.17. The van der Waals surface area contributed by atoms with Gasteiger partial charge in [-0.3, -0.25) is 0 Å². The van der Waals surface area contributed by atoms with E-state index in [0.29, 0.717) is 0 Å². The van der Waals surface area contributed by atoms with Crippen molar-refractivity contribution in [2.24, 2.45) is 0 Å². The summed E-state index contributed by atoms with van der Waals surface area (Å²) >= 11 is 0. The summed E-state index contributed by atoms with van der Waals surface area (Å²) in [6.45, 7) is 0. The Morgan fingerprint density at radius 2 is 0.360 bits per heavy atom. The minimum Gasteiger partial charge on any atom is -0.223 e. The molecule has 0 radical (unpaired) electrons. The monoisotopic (exact) mass is 412 g/mol. The second kappa shape index (κ2) is 3.92. The van der Waals surface area contributed by atoms with Crippen molar-refractivity contribution in [3.63, 3.8) is 0 Å². The SMILES string of the molecule is FC1(F)C(F)(F)C2(F)C(F)(F)C(F)(F)C(F)(F)C(F)(C1(F)F)C2(F)F. The van der Waals surface area contributed by atoms with E-state index in [9.17, 15) is 70.2 Å². The number of halogens is 16. The molecule has 0 heterocycles. The quantitative estimate of drug-likeness (QED) is 0.498. The van der Waals surface area contributed by atoms with Crippen LogP contribution in [0.4, 0.5) is 70.2 Å². The summed E-state index contributed by atoms with van der Waals surface area (Å²) in [5.74, 6) is -56.4. The predicted molar refractivity (Wildman–Crippen MR) is 42.3 cm³/mol. The van der Waals surface area contributed by atoms with Crippen molar-refractivity contribution < 1.29 is 70.2 Å². The van der Waals surface area contributed by atoms with Gasteiger partial charge in [-0.1, -0.05) is 0 Å². The number of hydrogen-bond donors (Lipinski definition) is 0. The van der Waals surface area contributed by atoms with E-state index in [2.05, 4.69) is 0 Å². The fourth-order valence-electron chi connectivity index (χ4n) is 2.68. The van der Waals surface area contributed by atoms with E-state index < -0.39 is 52.8 Å². The number of hydrogen-bond acceptors (Lipinski definition) is 0. The van der Waals surface area contributed by atoms with Crippen molar-refractivity contribution in [3.05, 3.63) is 0 Å². The Labute approximate surface area is 124 Å². The summed E-state index contributed by atoms with van der Waals surface area (Å²) in [7, 11) is 0. The van der Waals surface area contributed by atoms with Crippen molar-refractivity contribution in [1.29, 1.82) is 0 Å². The average molecular weight is 412 g/mol. The van der Waals surface area contributed by atoms with Gasteiger partial charge in [-0.05, 0) is 0 Å². The van der Waals surface area contributed by atoms with Crippen LogP contribution in [-0.4, -0.2) is 52.8 Å². The van der Waals surface area contributed by atoms with E-state index in [1.54, 1.807) is 0 Å². The first kappa shape index (κ1) is 20.2. The molecule has 0 amide bonds. The molecule has 0 aromatic rings. The third-order valence-corrected chi connectivity index (χ3v) is 4.17. The molecule has 16 heteroatoms. The van der Waals surface area contributed by atoms with Crippen LogP contribution in [0.5, 0.6) is 0 Å². The zero-order valence-electron chi connectivity index (χ0n) is 10.5. The lowest BCUT2D eigenvalue weighted by atomic mass is 9.55. The smallest absolute Gasteiger partial charge is 0.223 e. The molecule has 25 heavy (non-hydrogen) atoms. The average Bonchev–Trinajstić information content (AvgIpc) is 2.41. The van der Waals surface area contributed by atoms with Gasteiger partial charge in [0, 0.05) is 0 Å². The molecule has 0 saturated heterocycles. The molecular formula is C9F16. The van der Waals surface area contributed by atoms with Gasteiger partial charge in [0.15, 0.2) is 0 Å². The first-order chi connectivity index (χ1) is 10.5. The van der Waals surface area contributed by atoms with Crippen LogP contribution in [0.1, 0.15) is 0 Å². The van der Waals surface area contributed by atoms with E-state index >= 15 is 0 Å². The second-order valence-corrected chi connectivity index (χ2v) is 5.34. The van der Waals surface area contributed by atoms with Crippen LogP contribution < -0.4 is 0 Å². The molecule has 0 N–H and O–H groups in total. The lowest BCUT2D eigenvalue weighted by molar-refractivity contribution is -0.562. The molecule has 148 valence electrons. The first-order valence-electron chi connectivity index (χ1n) is 5.52. The Morgan fingerprint density at radius 1 is 0.200 bits per heavy atom. The Kier molecular flexibility index (Phi) is 3.16. The summed E-state index contributed by atoms with van der Waals surface area (Å²) in [5, 5.41) is 0. The maximum atomic E-state index is 13.7. The molecule has 0 aromatic heterocycles. The molecule has 2 aliphatic rings. The molecule has 0 atom stereocenters. The van der Waals surface area contributed by atoms with Crippen LogP contribution in [-0.2, 0) is 0 Å². The van der Waals surface area contributed by atoms with E-state index in [0.717, 1.165) is 0 Å². The number of fused-ring (bicyclic) bond motifs is 2. The van der Waals surface area contributed by atoms with E-state index in [-0.39, 0.29) is 0 Å². The van der Waals surface area contributed by atoms with Gasteiger partial charge in [-0.25, -0.2) is 8.78 Å². The van der Waals surface area contributed by atoms with Crippen molar-refractivity contribution >= 4 is 0 Å². The van der Waals surface area contributed by atoms with E-state index in [4.69, 9.17) is 0 Å². The summed E-state index contributed by atoms with van der Waals surface area (Å²) in [4.78, 5) is 0. The second-order valence-electron chi connectivity index (χ2n) is 5.34. The number of rotatable bonds is 0. The minimum absolute atomic E-state index is 7.96. The zero-order valence-corrected chi connectivity index (χ0v) is 10.5. The summed E-state index contributed by atoms with van der Waals surface area (Å²) < 4.78 is 212. The molecule has 0 aromatic carbocycles. The van der Waals surface area contributed by atoms with Gasteiger partial charge in [0.25, 0.3) is 0 Å². The molecule has 2 rings (SSSR count). The normalized spacial score (nSPS) is 44.2. The maximum absolute atomic E-state index is 13.7. The molecule has 0 nitrogen and oxygen atoms in total. The molecule has 2 saturated carbocycles. The summed E-state index contributed by atoms with van der Waals surface area (Å²) in [5.41, 5.74) is -16.3. The summed E-state index contributed by atoms with van der Waals surface area (Å²) in [6, 6.07) is 0. The third kappa shape index (κ3) is 1.26. The van der Waals surface area contributed by atoms with Gasteiger partial charge < -0.3 is 0 Å². The van der Waals surface area contributed by atoms with E-state index in [1.807, 2.05) is 0 Å². The largest absolute Gasteiger partial charge is 0.379 e. The van der Waals surface area contributed by atoms with Gasteiger partial charge in [0.05, 0.1) is 0 Å². The van der Waals surface area contributed by atoms with Crippen molar-refractivity contribution in [2.75, 3.05) is 0 Å². The van der Waals surface area contributed by atoms with Crippen LogP contribution in [0, 0.1) is 0 Å². The highest BCUT2D eigenvalue weighted by Gasteiger charge is 3.15. The van der Waals surface area contributed by atoms with Crippen molar-refractivity contribution in [3.8, 4) is 0 Å². The van der Waals surface area contributed by atoms with Crippen LogP contribution in [0.15, 0.2) is 0 Å². The first-order valence-corrected chi connectivity index (χ1v) is 5.52. The van der Waals surface area contributed by atoms with Gasteiger partial charge >= 0.3 is 52.8 Å². The summed E-state index contributed by atoms with van der Waals surface area (Å²) in [6.07, 6.45) is 0. The van der Waals surface area contributed by atoms with Gasteiger partial charge in [-0.2, -0.15) is 61.5 Å². The van der Waals surface area contributed by atoms with E-state index in [1.165, 1.54) is 0 Å². The fraction of sp³-hybridized carbons (Fsp3) is 1.00. The Bertz CT molecular complexity index is 525. The minimum atomic E-state index is -8.13. The van der Waals surface area contributed by atoms with Crippen LogP contribution >= 0.6 is 0 Å². The van der Waals surface area contributed by atoms with Gasteiger partial charge in [-0.15, -0.1) is 0 Å². The van der Waals surface area contributed by atoms with Crippen LogP contribution in [0.25, 0.3) is 0 Å². The molecule has 2 bridgehead atoms. The van der Waals surface area contributed by atoms with Crippen LogP contribution in [0.2, 0.25) is 0 Å². The molecule has 0 aliphatic heterocycles. The predicted octanol–water partition coefficient (Wildman–Crippen LogP) is 4.88. The Morgan fingerprint density at radius 3 is 0.520 bits per heavy atom. The van der Waals surface area contributed by atoms with Gasteiger partial charge in [0.1, 0.15) is 0 Å². The Hall–Kier alpha value is -1.12. The molecule has 2 fully saturated rings. The van der Waals surface area contributed by atoms with Crippen LogP contribution in [0.3, 0.4) is 0 Å². The highest BCUT2D eigenvalue weighted by Crippen LogP contribution is 2.81. The highest BCUT2D eigenvalue weighted by molar-refractivity contribution is 5.42. The van der Waals surface area contributed by atoms with Crippen molar-refractivity contribution in [1.82, 2.24) is 0 Å². The maximum Gasteiger partial charge on any atom is 0.379 e. The lowest BCUT2D eigenvalue weighted by Crippen LogP contribution is -2.98. The standard InChI is InChI=1S/C9F16/c10-1-3(12,13)2(11,6(18,19)8(22,23)4(1,14)15)7(20,21)9(24,25)5(1,16)17. The molecule has 2 aliphatic carbocycles. The highest BCUT2D eigenvalue weighted by atomic mass is 19.4. The zero-order chi connectivity index (χ0) is 20.5.